The molecule has 2 atom stereocenters. The standard InChI is InChI=1S/C5H8BNO/c1-3-5(6)8-4(2)7-3/h3,5H,1-2H3. The molecule has 1 heterocycles. The number of nitrogens with zero attached hydrogens (tertiary/aromatic N) is 1. The third-order valence-electron chi connectivity index (χ3n) is 1.17. The van der Waals surface area contributed by atoms with Gasteiger partial charge in [-0.25, -0.2) is 4.99 Å². The SMILES string of the molecule is [B]C1OC(C)=NC1C. The first-order valence-corrected chi connectivity index (χ1v) is 2.67. The molecular weight excluding hydrogens is 101 g/mol. The molecule has 1 aliphatic heterocycles. The van der Waals surface area contributed by atoms with E-state index in [1.54, 1.807) is 0 Å². The molecule has 0 aromatic heterocycles. The van der Waals surface area contributed by atoms with Crippen molar-refractivity contribution in [1.82, 2.24) is 0 Å². The van der Waals surface area contributed by atoms with Gasteiger partial charge in [0.2, 0.25) is 0 Å². The molecule has 0 aromatic carbocycles. The molecule has 0 saturated carbocycles. The maximum Gasteiger partial charge on any atom is 0.179 e. The monoisotopic (exact) mass is 109 g/mol. The van der Waals surface area contributed by atoms with Crippen molar-refractivity contribution in [3.63, 3.8) is 0 Å². The van der Waals surface area contributed by atoms with E-state index in [1.165, 1.54) is 0 Å². The van der Waals surface area contributed by atoms with Crippen molar-refractivity contribution < 1.29 is 4.74 Å². The van der Waals surface area contributed by atoms with Gasteiger partial charge < -0.3 is 4.74 Å². The summed E-state index contributed by atoms with van der Waals surface area (Å²) in [5, 5.41) is 0. The second-order valence-electron chi connectivity index (χ2n) is 1.97. The molecule has 2 radical (unpaired) electrons. The summed E-state index contributed by atoms with van der Waals surface area (Å²) >= 11 is 0. The van der Waals surface area contributed by atoms with E-state index in [4.69, 9.17) is 12.6 Å². The highest BCUT2D eigenvalue weighted by Gasteiger charge is 2.18. The topological polar surface area (TPSA) is 21.6 Å². The lowest BCUT2D eigenvalue weighted by Gasteiger charge is -2.05. The molecule has 0 N–H and O–H groups in total. The highest BCUT2D eigenvalue weighted by Crippen LogP contribution is 2.08. The van der Waals surface area contributed by atoms with Crippen molar-refractivity contribution >= 4 is 13.7 Å². The minimum Gasteiger partial charge on any atom is -0.486 e. The molecule has 2 nitrogen and oxygen atoms in total. The van der Waals surface area contributed by atoms with E-state index in [-0.39, 0.29) is 12.0 Å². The quantitative estimate of drug-likeness (QED) is 0.410. The van der Waals surface area contributed by atoms with Crippen molar-refractivity contribution in [2.45, 2.75) is 25.9 Å². The van der Waals surface area contributed by atoms with Crippen LogP contribution in [0.4, 0.5) is 0 Å². The van der Waals surface area contributed by atoms with Crippen molar-refractivity contribution in [2.24, 2.45) is 4.99 Å². The van der Waals surface area contributed by atoms with Gasteiger partial charge in [0.25, 0.3) is 0 Å². The molecular formula is C5H8BNO. The number of ether oxygens (including phenoxy) is 1. The number of hydrogen-bond acceptors (Lipinski definition) is 2. The largest absolute Gasteiger partial charge is 0.486 e. The zero-order chi connectivity index (χ0) is 6.15. The second-order valence-corrected chi connectivity index (χ2v) is 1.97. The van der Waals surface area contributed by atoms with Gasteiger partial charge in [-0.2, -0.15) is 0 Å². The smallest absolute Gasteiger partial charge is 0.179 e. The maximum atomic E-state index is 5.43. The van der Waals surface area contributed by atoms with Gasteiger partial charge in [-0.1, -0.05) is 0 Å². The zero-order valence-corrected chi connectivity index (χ0v) is 5.09. The highest BCUT2D eigenvalue weighted by molar-refractivity contribution is 6.13. The first-order chi connectivity index (χ1) is 3.70. The lowest BCUT2D eigenvalue weighted by Crippen LogP contribution is -2.18. The van der Waals surface area contributed by atoms with Crippen LogP contribution in [0.25, 0.3) is 0 Å². The van der Waals surface area contributed by atoms with E-state index in [0.717, 1.165) is 0 Å². The first-order valence-electron chi connectivity index (χ1n) is 2.67. The van der Waals surface area contributed by atoms with Gasteiger partial charge in [-0.15, -0.1) is 0 Å². The Morgan fingerprint density at radius 1 is 1.75 bits per heavy atom. The fraction of sp³-hybridized carbons (Fsp3) is 0.800. The van der Waals surface area contributed by atoms with E-state index >= 15 is 0 Å². The van der Waals surface area contributed by atoms with Crippen LogP contribution in [-0.2, 0) is 4.74 Å². The Balaban J connectivity index is 2.56. The van der Waals surface area contributed by atoms with Crippen LogP contribution in [0.2, 0.25) is 0 Å². The number of aliphatic imine (C=N–C) groups is 1. The number of hydrogen-bond donors (Lipinski definition) is 0. The Bertz CT molecular complexity index is 124. The van der Waals surface area contributed by atoms with Crippen LogP contribution >= 0.6 is 0 Å². The molecule has 1 aliphatic rings. The molecule has 42 valence electrons. The lowest BCUT2D eigenvalue weighted by atomic mass is 9.94. The van der Waals surface area contributed by atoms with E-state index < -0.39 is 0 Å². The maximum absolute atomic E-state index is 5.43. The molecule has 0 amide bonds. The summed E-state index contributed by atoms with van der Waals surface area (Å²) in [6.07, 6.45) is 0. The van der Waals surface area contributed by atoms with Gasteiger partial charge in [0.05, 0.1) is 12.0 Å². The average Bonchev–Trinajstić information content (AvgIpc) is 1.85. The number of rotatable bonds is 0. The third-order valence-corrected chi connectivity index (χ3v) is 1.17. The van der Waals surface area contributed by atoms with Crippen molar-refractivity contribution in [3.8, 4) is 0 Å². The van der Waals surface area contributed by atoms with Crippen molar-refractivity contribution in [2.75, 3.05) is 0 Å². The molecule has 0 aromatic rings. The average molecular weight is 109 g/mol. The van der Waals surface area contributed by atoms with E-state index in [9.17, 15) is 0 Å². The summed E-state index contributed by atoms with van der Waals surface area (Å²) in [5.41, 5.74) is 0. The summed E-state index contributed by atoms with van der Waals surface area (Å²) in [6.45, 7) is 3.74. The van der Waals surface area contributed by atoms with E-state index in [2.05, 4.69) is 4.99 Å². The van der Waals surface area contributed by atoms with E-state index in [0.29, 0.717) is 5.90 Å². The van der Waals surface area contributed by atoms with Crippen LogP contribution in [0.15, 0.2) is 4.99 Å². The Kier molecular flexibility index (Phi) is 1.28. The van der Waals surface area contributed by atoms with Crippen LogP contribution in [-0.4, -0.2) is 25.8 Å². The van der Waals surface area contributed by atoms with Crippen LogP contribution < -0.4 is 0 Å². The Morgan fingerprint density at radius 3 is 2.50 bits per heavy atom. The van der Waals surface area contributed by atoms with Gasteiger partial charge in [0, 0.05) is 6.92 Å². The van der Waals surface area contributed by atoms with Gasteiger partial charge in [0.1, 0.15) is 7.85 Å². The van der Waals surface area contributed by atoms with Crippen molar-refractivity contribution in [3.05, 3.63) is 0 Å². The normalized spacial score (nSPS) is 36.5. The zero-order valence-electron chi connectivity index (χ0n) is 5.09. The lowest BCUT2D eigenvalue weighted by molar-refractivity contribution is 0.278. The van der Waals surface area contributed by atoms with Gasteiger partial charge in [0.15, 0.2) is 5.90 Å². The fourth-order valence-electron chi connectivity index (χ4n) is 0.686. The van der Waals surface area contributed by atoms with Crippen LogP contribution in [0, 0.1) is 0 Å². The molecule has 1 rings (SSSR count). The molecule has 0 aliphatic carbocycles. The Morgan fingerprint density at radius 2 is 2.38 bits per heavy atom. The third kappa shape index (κ3) is 0.856. The summed E-state index contributed by atoms with van der Waals surface area (Å²) in [4.78, 5) is 4.04. The summed E-state index contributed by atoms with van der Waals surface area (Å²) in [6, 6.07) is -0.0787. The predicted molar refractivity (Wildman–Crippen MR) is 33.2 cm³/mol. The molecule has 0 saturated heterocycles. The Hall–Kier alpha value is -0.465. The molecule has 8 heavy (non-hydrogen) atoms. The van der Waals surface area contributed by atoms with Crippen LogP contribution in [0.3, 0.4) is 0 Å². The second kappa shape index (κ2) is 1.80. The summed E-state index contributed by atoms with van der Waals surface area (Å²) in [5.74, 6) is 0.699. The summed E-state index contributed by atoms with van der Waals surface area (Å²) in [7, 11) is 5.43. The molecule has 0 bridgehead atoms. The van der Waals surface area contributed by atoms with Gasteiger partial charge in [-0.05, 0) is 6.92 Å². The Labute approximate surface area is 50.4 Å². The predicted octanol–water partition coefficient (Wildman–Crippen LogP) is 0.318. The van der Waals surface area contributed by atoms with Crippen LogP contribution in [0.5, 0.6) is 0 Å². The summed E-state index contributed by atoms with van der Waals surface area (Å²) < 4.78 is 5.00. The van der Waals surface area contributed by atoms with Gasteiger partial charge in [-0.3, -0.25) is 0 Å². The van der Waals surface area contributed by atoms with Crippen molar-refractivity contribution in [1.29, 1.82) is 0 Å². The first kappa shape index (κ1) is 5.67. The minimum absolute atomic E-state index is 0.134. The van der Waals surface area contributed by atoms with Crippen LogP contribution in [0.1, 0.15) is 13.8 Å². The fourth-order valence-corrected chi connectivity index (χ4v) is 0.686. The molecule has 3 heteroatoms. The molecule has 2 unspecified atom stereocenters. The highest BCUT2D eigenvalue weighted by atomic mass is 16.5. The minimum atomic E-state index is -0.213. The van der Waals surface area contributed by atoms with E-state index in [1.807, 2.05) is 13.8 Å². The molecule has 0 spiro atoms. The van der Waals surface area contributed by atoms with Gasteiger partial charge >= 0.3 is 0 Å². The molecule has 0 fully saturated rings.